The molecule has 0 aromatic carbocycles. The van der Waals surface area contributed by atoms with Crippen LogP contribution >= 0.6 is 0 Å². The van der Waals surface area contributed by atoms with E-state index in [9.17, 15) is 14.4 Å². The number of carbonyl (C=O) groups excluding carboxylic acids is 2. The van der Waals surface area contributed by atoms with Gasteiger partial charge in [0.15, 0.2) is 0 Å². The molecule has 0 spiro atoms. The summed E-state index contributed by atoms with van der Waals surface area (Å²) in [6, 6.07) is 0. The largest absolute Gasteiger partial charge is 0.481 e. The maximum Gasteiger partial charge on any atom is 0.410 e. The number of carboxylic acid groups (broad SMARTS) is 1. The van der Waals surface area contributed by atoms with Gasteiger partial charge in [0.25, 0.3) is 0 Å². The number of carboxylic acids is 1. The lowest BCUT2D eigenvalue weighted by atomic mass is 9.97. The maximum atomic E-state index is 12.1. The van der Waals surface area contributed by atoms with E-state index in [1.54, 1.807) is 4.90 Å². The van der Waals surface area contributed by atoms with Gasteiger partial charge in [0, 0.05) is 26.1 Å². The Hall–Kier alpha value is -1.79. The number of hydrogen-bond donors (Lipinski definition) is 2. The molecule has 1 rings (SSSR count). The molecule has 0 saturated carbocycles. The first-order valence-corrected chi connectivity index (χ1v) is 7.66. The molecule has 1 heterocycles. The molecule has 1 aliphatic rings. The number of piperidine rings is 1. The van der Waals surface area contributed by atoms with Crippen LogP contribution in [-0.4, -0.2) is 53.2 Å². The molecule has 1 atom stereocenters. The first-order valence-electron chi connectivity index (χ1n) is 7.66. The zero-order valence-corrected chi connectivity index (χ0v) is 13.6. The molecule has 1 aliphatic heterocycles. The fourth-order valence-electron chi connectivity index (χ4n) is 2.28. The zero-order valence-electron chi connectivity index (χ0n) is 13.6. The maximum absolute atomic E-state index is 12.1. The van der Waals surface area contributed by atoms with Crippen molar-refractivity contribution >= 4 is 18.0 Å². The molecule has 0 aromatic rings. The van der Waals surface area contributed by atoms with Gasteiger partial charge in [0.05, 0.1) is 5.92 Å². The second-order valence-electron chi connectivity index (χ2n) is 6.55. The lowest BCUT2D eigenvalue weighted by Gasteiger charge is -2.33. The first kappa shape index (κ1) is 18.3. The topological polar surface area (TPSA) is 95.9 Å². The van der Waals surface area contributed by atoms with Crippen molar-refractivity contribution in [3.63, 3.8) is 0 Å². The number of likely N-dealkylation sites (tertiary alicyclic amines) is 1. The molecule has 0 bridgehead atoms. The van der Waals surface area contributed by atoms with Gasteiger partial charge in [-0.2, -0.15) is 0 Å². The molecule has 2 N–H and O–H groups in total. The number of rotatable bonds is 5. The highest BCUT2D eigenvalue weighted by Gasteiger charge is 2.30. The van der Waals surface area contributed by atoms with E-state index in [1.807, 2.05) is 20.8 Å². The number of nitrogens with one attached hydrogen (secondary N) is 1. The van der Waals surface area contributed by atoms with Crippen molar-refractivity contribution in [1.82, 2.24) is 10.2 Å². The van der Waals surface area contributed by atoms with Crippen molar-refractivity contribution in [2.45, 2.75) is 52.1 Å². The second kappa shape index (κ2) is 8.00. The van der Waals surface area contributed by atoms with E-state index in [0.29, 0.717) is 26.1 Å². The third kappa shape index (κ3) is 6.78. The third-order valence-electron chi connectivity index (χ3n) is 3.31. The fraction of sp³-hybridized carbons (Fsp3) is 0.800. The number of amides is 2. The van der Waals surface area contributed by atoms with Crippen molar-refractivity contribution in [2.75, 3.05) is 19.6 Å². The van der Waals surface area contributed by atoms with Crippen molar-refractivity contribution < 1.29 is 24.2 Å². The number of aliphatic carboxylic acids is 1. The molecule has 1 saturated heterocycles. The van der Waals surface area contributed by atoms with Gasteiger partial charge < -0.3 is 20.1 Å². The molecule has 22 heavy (non-hydrogen) atoms. The van der Waals surface area contributed by atoms with Gasteiger partial charge in [-0.25, -0.2) is 4.79 Å². The minimum Gasteiger partial charge on any atom is -0.481 e. The molecule has 0 aliphatic carbocycles. The van der Waals surface area contributed by atoms with E-state index < -0.39 is 17.7 Å². The number of ether oxygens (including phenoxy) is 1. The van der Waals surface area contributed by atoms with E-state index in [-0.39, 0.29) is 18.2 Å². The Kier molecular flexibility index (Phi) is 6.64. The van der Waals surface area contributed by atoms with Crippen LogP contribution in [0.15, 0.2) is 0 Å². The predicted octanol–water partition coefficient (Wildman–Crippen LogP) is 1.61. The van der Waals surface area contributed by atoms with E-state index in [0.717, 1.165) is 12.8 Å². The van der Waals surface area contributed by atoms with Crippen LogP contribution in [0.2, 0.25) is 0 Å². The van der Waals surface area contributed by atoms with Crippen LogP contribution in [0.1, 0.15) is 46.5 Å². The van der Waals surface area contributed by atoms with Gasteiger partial charge in [-0.15, -0.1) is 0 Å². The SMILES string of the molecule is CC(C)(C)OC(=O)N1CCCC(C(=O)NCCCC(=O)O)C1. The van der Waals surface area contributed by atoms with E-state index in [1.165, 1.54) is 0 Å². The Balaban J connectivity index is 2.40. The summed E-state index contributed by atoms with van der Waals surface area (Å²) in [6.45, 7) is 6.70. The van der Waals surface area contributed by atoms with Gasteiger partial charge in [-0.05, 0) is 40.0 Å². The molecule has 0 radical (unpaired) electrons. The highest BCUT2D eigenvalue weighted by Crippen LogP contribution is 2.19. The van der Waals surface area contributed by atoms with Gasteiger partial charge in [0.2, 0.25) is 5.91 Å². The quantitative estimate of drug-likeness (QED) is 0.752. The first-order chi connectivity index (χ1) is 10.2. The van der Waals surface area contributed by atoms with Crippen LogP contribution in [0.4, 0.5) is 4.79 Å². The highest BCUT2D eigenvalue weighted by molar-refractivity contribution is 5.80. The van der Waals surface area contributed by atoms with Crippen LogP contribution in [0.3, 0.4) is 0 Å². The summed E-state index contributed by atoms with van der Waals surface area (Å²) in [7, 11) is 0. The minimum absolute atomic E-state index is 0.0367. The summed E-state index contributed by atoms with van der Waals surface area (Å²) in [4.78, 5) is 36.1. The van der Waals surface area contributed by atoms with Crippen molar-refractivity contribution in [3.05, 3.63) is 0 Å². The lowest BCUT2D eigenvalue weighted by Crippen LogP contribution is -2.47. The van der Waals surface area contributed by atoms with E-state index in [4.69, 9.17) is 9.84 Å². The van der Waals surface area contributed by atoms with Gasteiger partial charge in [0.1, 0.15) is 5.60 Å². The summed E-state index contributed by atoms with van der Waals surface area (Å²) in [5.41, 5.74) is -0.552. The Morgan fingerprint density at radius 3 is 2.59 bits per heavy atom. The van der Waals surface area contributed by atoms with Gasteiger partial charge in [-0.1, -0.05) is 0 Å². The number of carbonyl (C=O) groups is 3. The number of hydrogen-bond acceptors (Lipinski definition) is 4. The summed E-state index contributed by atoms with van der Waals surface area (Å²) < 4.78 is 5.32. The van der Waals surface area contributed by atoms with Crippen LogP contribution < -0.4 is 5.32 Å². The van der Waals surface area contributed by atoms with Crippen molar-refractivity contribution in [2.24, 2.45) is 5.92 Å². The van der Waals surface area contributed by atoms with Crippen molar-refractivity contribution in [1.29, 1.82) is 0 Å². The van der Waals surface area contributed by atoms with Crippen molar-refractivity contribution in [3.8, 4) is 0 Å². The molecule has 2 amide bonds. The highest BCUT2D eigenvalue weighted by atomic mass is 16.6. The van der Waals surface area contributed by atoms with Crippen LogP contribution in [-0.2, 0) is 14.3 Å². The van der Waals surface area contributed by atoms with Crippen LogP contribution in [0, 0.1) is 5.92 Å². The Bertz CT molecular complexity index is 417. The second-order valence-corrected chi connectivity index (χ2v) is 6.55. The standard InChI is InChI=1S/C15H26N2O5/c1-15(2,3)22-14(21)17-9-5-6-11(10-17)13(20)16-8-4-7-12(18)19/h11H,4-10H2,1-3H3,(H,16,20)(H,18,19). The molecular weight excluding hydrogens is 288 g/mol. The van der Waals surface area contributed by atoms with Crippen LogP contribution in [0.25, 0.3) is 0 Å². The number of nitrogens with zero attached hydrogens (tertiary/aromatic N) is 1. The molecular formula is C15H26N2O5. The molecule has 7 nitrogen and oxygen atoms in total. The monoisotopic (exact) mass is 314 g/mol. The normalized spacial score (nSPS) is 18.7. The molecule has 1 unspecified atom stereocenters. The third-order valence-corrected chi connectivity index (χ3v) is 3.31. The summed E-state index contributed by atoms with van der Waals surface area (Å²) in [5.74, 6) is -1.26. The lowest BCUT2D eigenvalue weighted by molar-refractivity contribution is -0.137. The van der Waals surface area contributed by atoms with E-state index in [2.05, 4.69) is 5.32 Å². The summed E-state index contributed by atoms with van der Waals surface area (Å²) in [5, 5.41) is 11.3. The zero-order chi connectivity index (χ0) is 16.8. The van der Waals surface area contributed by atoms with E-state index >= 15 is 0 Å². The molecule has 7 heteroatoms. The smallest absolute Gasteiger partial charge is 0.410 e. The van der Waals surface area contributed by atoms with Crippen LogP contribution in [0.5, 0.6) is 0 Å². The average Bonchev–Trinajstić information content (AvgIpc) is 2.41. The minimum atomic E-state index is -0.872. The Morgan fingerprint density at radius 2 is 2.00 bits per heavy atom. The fourth-order valence-corrected chi connectivity index (χ4v) is 2.28. The Morgan fingerprint density at radius 1 is 1.32 bits per heavy atom. The summed E-state index contributed by atoms with van der Waals surface area (Å²) in [6.07, 6.45) is 1.53. The molecule has 126 valence electrons. The molecule has 0 aromatic heterocycles. The van der Waals surface area contributed by atoms with Gasteiger partial charge in [-0.3, -0.25) is 9.59 Å². The summed E-state index contributed by atoms with van der Waals surface area (Å²) >= 11 is 0. The average molecular weight is 314 g/mol. The predicted molar refractivity (Wildman–Crippen MR) is 80.4 cm³/mol. The van der Waals surface area contributed by atoms with Gasteiger partial charge >= 0.3 is 12.1 Å². The Labute approximate surface area is 131 Å². The molecule has 1 fully saturated rings.